The molecule has 5 nitrogen and oxygen atoms in total. The lowest BCUT2D eigenvalue weighted by molar-refractivity contribution is 0.0410. The highest BCUT2D eigenvalue weighted by atomic mass is 32.1. The summed E-state index contributed by atoms with van der Waals surface area (Å²) in [6, 6.07) is 0.768. The van der Waals surface area contributed by atoms with Crippen LogP contribution < -0.4 is 5.73 Å². The fourth-order valence-corrected chi connectivity index (χ4v) is 3.17. The molecule has 2 N–H and O–H groups in total. The van der Waals surface area contributed by atoms with E-state index < -0.39 is 0 Å². The maximum atomic E-state index is 12.4. The van der Waals surface area contributed by atoms with Gasteiger partial charge in [-0.2, -0.15) is 0 Å². The van der Waals surface area contributed by atoms with Gasteiger partial charge in [0, 0.05) is 37.0 Å². The van der Waals surface area contributed by atoms with Crippen molar-refractivity contribution in [1.29, 1.82) is 0 Å². The van der Waals surface area contributed by atoms with Crippen LogP contribution in [0.4, 0.5) is 0 Å². The summed E-state index contributed by atoms with van der Waals surface area (Å²) in [5, 5.41) is 2.79. The minimum atomic E-state index is 0.0475. The van der Waals surface area contributed by atoms with Gasteiger partial charge in [-0.1, -0.05) is 0 Å². The molecule has 1 aliphatic heterocycles. The second-order valence-electron chi connectivity index (χ2n) is 5.24. The zero-order chi connectivity index (χ0) is 14.0. The Labute approximate surface area is 118 Å². The predicted molar refractivity (Wildman–Crippen MR) is 77.5 cm³/mol. The smallest absolute Gasteiger partial charge is 0.273 e. The van der Waals surface area contributed by atoms with Crippen molar-refractivity contribution >= 4 is 17.2 Å². The van der Waals surface area contributed by atoms with Crippen molar-refractivity contribution < 1.29 is 4.79 Å². The number of amides is 1. The Kier molecular flexibility index (Phi) is 4.54. The number of carbonyl (C=O) groups is 1. The lowest BCUT2D eigenvalue weighted by Crippen LogP contribution is -2.56. The summed E-state index contributed by atoms with van der Waals surface area (Å²) < 4.78 is 0. The molecule has 0 bridgehead atoms. The molecule has 1 aliphatic rings. The van der Waals surface area contributed by atoms with Crippen molar-refractivity contribution in [3.8, 4) is 0 Å². The third kappa shape index (κ3) is 3.13. The molecule has 0 spiro atoms. The van der Waals surface area contributed by atoms with Crippen LogP contribution in [-0.2, 0) is 6.42 Å². The second-order valence-corrected chi connectivity index (χ2v) is 6.18. The number of rotatable bonds is 3. The highest BCUT2D eigenvalue weighted by Gasteiger charge is 2.30. The Morgan fingerprint density at radius 3 is 2.68 bits per heavy atom. The molecular weight excluding hydrogens is 260 g/mol. The number of thiazole rings is 1. The standard InChI is InChI=1S/C13H22N4OS/c1-9-6-17(7-10(2)16(9)3)13(18)11-8-19-12(15-11)4-5-14/h8-10H,4-7,14H2,1-3H3. The zero-order valence-corrected chi connectivity index (χ0v) is 12.6. The first kappa shape index (κ1) is 14.4. The molecule has 106 valence electrons. The van der Waals surface area contributed by atoms with Crippen molar-refractivity contribution in [2.24, 2.45) is 5.73 Å². The average Bonchev–Trinajstić information content (AvgIpc) is 2.83. The maximum Gasteiger partial charge on any atom is 0.273 e. The van der Waals surface area contributed by atoms with Crippen molar-refractivity contribution in [2.75, 3.05) is 26.7 Å². The number of nitrogens with zero attached hydrogens (tertiary/aromatic N) is 3. The largest absolute Gasteiger partial charge is 0.334 e. The van der Waals surface area contributed by atoms with Gasteiger partial charge >= 0.3 is 0 Å². The van der Waals surface area contributed by atoms with E-state index in [9.17, 15) is 4.79 Å². The van der Waals surface area contributed by atoms with Gasteiger partial charge in [-0.25, -0.2) is 4.98 Å². The first-order valence-electron chi connectivity index (χ1n) is 6.68. The molecule has 1 aromatic heterocycles. The maximum absolute atomic E-state index is 12.4. The predicted octanol–water partition coefficient (Wildman–Crippen LogP) is 0.809. The van der Waals surface area contributed by atoms with Crippen molar-refractivity contribution in [2.45, 2.75) is 32.4 Å². The van der Waals surface area contributed by atoms with E-state index in [0.717, 1.165) is 24.5 Å². The molecule has 1 saturated heterocycles. The molecule has 6 heteroatoms. The highest BCUT2D eigenvalue weighted by molar-refractivity contribution is 7.09. The number of hydrogen-bond acceptors (Lipinski definition) is 5. The summed E-state index contributed by atoms with van der Waals surface area (Å²) >= 11 is 1.52. The van der Waals surface area contributed by atoms with E-state index in [1.165, 1.54) is 11.3 Å². The average molecular weight is 282 g/mol. The molecule has 0 aliphatic carbocycles. The summed E-state index contributed by atoms with van der Waals surface area (Å²) in [6.07, 6.45) is 0.744. The molecular formula is C13H22N4OS. The van der Waals surface area contributed by atoms with Gasteiger partial charge in [-0.15, -0.1) is 11.3 Å². The first-order valence-corrected chi connectivity index (χ1v) is 7.56. The van der Waals surface area contributed by atoms with Crippen LogP contribution in [0, 0.1) is 0 Å². The molecule has 2 rings (SSSR count). The molecule has 0 radical (unpaired) electrons. The monoisotopic (exact) mass is 282 g/mol. The normalized spacial score (nSPS) is 24.7. The Morgan fingerprint density at radius 1 is 1.47 bits per heavy atom. The topological polar surface area (TPSA) is 62.5 Å². The van der Waals surface area contributed by atoms with E-state index in [2.05, 4.69) is 30.8 Å². The van der Waals surface area contributed by atoms with Crippen LogP contribution in [-0.4, -0.2) is 59.5 Å². The molecule has 0 aromatic carbocycles. The zero-order valence-electron chi connectivity index (χ0n) is 11.8. The fourth-order valence-electron chi connectivity index (χ4n) is 2.38. The van der Waals surface area contributed by atoms with Gasteiger partial charge in [-0.05, 0) is 27.4 Å². The molecule has 0 saturated carbocycles. The van der Waals surface area contributed by atoms with E-state index in [1.807, 2.05) is 10.3 Å². The third-order valence-corrected chi connectivity index (χ3v) is 4.68. The Balaban J connectivity index is 2.06. The highest BCUT2D eigenvalue weighted by Crippen LogP contribution is 2.17. The van der Waals surface area contributed by atoms with E-state index in [-0.39, 0.29) is 5.91 Å². The van der Waals surface area contributed by atoms with E-state index in [4.69, 9.17) is 5.73 Å². The van der Waals surface area contributed by atoms with Crippen LogP contribution >= 0.6 is 11.3 Å². The van der Waals surface area contributed by atoms with E-state index in [0.29, 0.717) is 24.3 Å². The van der Waals surface area contributed by atoms with Crippen molar-refractivity contribution in [3.63, 3.8) is 0 Å². The quantitative estimate of drug-likeness (QED) is 0.891. The van der Waals surface area contributed by atoms with Crippen LogP contribution in [0.1, 0.15) is 29.3 Å². The number of aromatic nitrogens is 1. The Bertz CT molecular complexity index is 436. The van der Waals surface area contributed by atoms with Crippen LogP contribution in [0.15, 0.2) is 5.38 Å². The SMILES string of the molecule is CC1CN(C(=O)c2csc(CCN)n2)CC(C)N1C. The molecule has 1 fully saturated rings. The number of carbonyl (C=O) groups excluding carboxylic acids is 1. The summed E-state index contributed by atoms with van der Waals surface area (Å²) in [6.45, 7) is 6.41. The van der Waals surface area contributed by atoms with Gasteiger partial charge in [0.25, 0.3) is 5.91 Å². The van der Waals surface area contributed by atoms with Gasteiger partial charge < -0.3 is 10.6 Å². The fraction of sp³-hybridized carbons (Fsp3) is 0.692. The molecule has 19 heavy (non-hydrogen) atoms. The van der Waals surface area contributed by atoms with Crippen molar-refractivity contribution in [3.05, 3.63) is 16.1 Å². The van der Waals surface area contributed by atoms with Gasteiger partial charge in [-0.3, -0.25) is 9.69 Å². The minimum Gasteiger partial charge on any atom is -0.334 e. The second kappa shape index (κ2) is 5.98. The van der Waals surface area contributed by atoms with Crippen LogP contribution in [0.3, 0.4) is 0 Å². The van der Waals surface area contributed by atoms with Gasteiger partial charge in [0.05, 0.1) is 5.01 Å². The van der Waals surface area contributed by atoms with Crippen LogP contribution in [0.2, 0.25) is 0 Å². The number of likely N-dealkylation sites (N-methyl/N-ethyl adjacent to an activating group) is 1. The minimum absolute atomic E-state index is 0.0475. The Hall–Kier alpha value is -0.980. The number of piperazine rings is 1. The lowest BCUT2D eigenvalue weighted by Gasteiger charge is -2.42. The lowest BCUT2D eigenvalue weighted by atomic mass is 10.1. The first-order chi connectivity index (χ1) is 9.02. The summed E-state index contributed by atoms with van der Waals surface area (Å²) in [7, 11) is 2.11. The van der Waals surface area contributed by atoms with Crippen LogP contribution in [0.5, 0.6) is 0 Å². The molecule has 2 atom stereocenters. The Morgan fingerprint density at radius 2 is 2.11 bits per heavy atom. The number of nitrogens with two attached hydrogens (primary N) is 1. The van der Waals surface area contributed by atoms with E-state index >= 15 is 0 Å². The third-order valence-electron chi connectivity index (χ3n) is 3.78. The van der Waals surface area contributed by atoms with Gasteiger partial charge in [0.15, 0.2) is 0 Å². The van der Waals surface area contributed by atoms with Gasteiger partial charge in [0.2, 0.25) is 0 Å². The molecule has 2 heterocycles. The molecule has 1 aromatic rings. The van der Waals surface area contributed by atoms with Crippen molar-refractivity contribution in [1.82, 2.24) is 14.8 Å². The summed E-state index contributed by atoms with van der Waals surface area (Å²) in [5.74, 6) is 0.0475. The molecule has 1 amide bonds. The summed E-state index contributed by atoms with van der Waals surface area (Å²) in [4.78, 5) is 21.0. The van der Waals surface area contributed by atoms with Gasteiger partial charge in [0.1, 0.15) is 5.69 Å². The summed E-state index contributed by atoms with van der Waals surface area (Å²) in [5.41, 5.74) is 6.07. The number of hydrogen-bond donors (Lipinski definition) is 1. The van der Waals surface area contributed by atoms with E-state index in [1.54, 1.807) is 0 Å². The molecule has 2 unspecified atom stereocenters. The van der Waals surface area contributed by atoms with Crippen LogP contribution in [0.25, 0.3) is 0 Å².